The third-order valence-corrected chi connectivity index (χ3v) is 3.54. The van der Waals surface area contributed by atoms with Crippen molar-refractivity contribution in [3.8, 4) is 6.07 Å². The summed E-state index contributed by atoms with van der Waals surface area (Å²) in [4.78, 5) is 10.6. The lowest BCUT2D eigenvalue weighted by molar-refractivity contribution is 0.0645. The van der Waals surface area contributed by atoms with Crippen molar-refractivity contribution in [3.05, 3.63) is 17.6 Å². The highest BCUT2D eigenvalue weighted by molar-refractivity contribution is 5.41. The van der Waals surface area contributed by atoms with Crippen molar-refractivity contribution >= 4 is 5.82 Å². The SMILES string of the molecule is Cc1nc(C#N)cc(N(C)CCC2CCOCC2)n1. The van der Waals surface area contributed by atoms with E-state index >= 15 is 0 Å². The molecule has 1 aliphatic heterocycles. The molecule has 1 fully saturated rings. The van der Waals surface area contributed by atoms with Crippen molar-refractivity contribution in [2.24, 2.45) is 5.92 Å². The predicted octanol–water partition coefficient (Wildman–Crippen LogP) is 1.91. The molecule has 0 bridgehead atoms. The topological polar surface area (TPSA) is 62.0 Å². The predicted molar refractivity (Wildman–Crippen MR) is 72.9 cm³/mol. The second-order valence-electron chi connectivity index (χ2n) is 5.04. The van der Waals surface area contributed by atoms with Crippen LogP contribution in [0.4, 0.5) is 5.82 Å². The van der Waals surface area contributed by atoms with E-state index in [0.29, 0.717) is 11.5 Å². The van der Waals surface area contributed by atoms with E-state index in [-0.39, 0.29) is 0 Å². The van der Waals surface area contributed by atoms with E-state index < -0.39 is 0 Å². The highest BCUT2D eigenvalue weighted by Crippen LogP contribution is 2.20. The molecule has 0 unspecified atom stereocenters. The molecule has 5 heteroatoms. The third-order valence-electron chi connectivity index (χ3n) is 3.54. The first kappa shape index (κ1) is 13.8. The number of ether oxygens (including phenoxy) is 1. The number of rotatable bonds is 4. The van der Waals surface area contributed by atoms with Crippen LogP contribution in [0.3, 0.4) is 0 Å². The molecule has 0 aromatic carbocycles. The molecule has 0 amide bonds. The Balaban J connectivity index is 1.93. The maximum atomic E-state index is 8.93. The quantitative estimate of drug-likeness (QED) is 0.827. The molecular formula is C14H20N4O. The first-order chi connectivity index (χ1) is 9.19. The van der Waals surface area contributed by atoms with Crippen LogP contribution in [0.15, 0.2) is 6.07 Å². The number of hydrogen-bond donors (Lipinski definition) is 0. The second kappa shape index (κ2) is 6.48. The fraction of sp³-hybridized carbons (Fsp3) is 0.643. The number of nitrogens with zero attached hydrogens (tertiary/aromatic N) is 4. The second-order valence-corrected chi connectivity index (χ2v) is 5.04. The lowest BCUT2D eigenvalue weighted by atomic mass is 9.96. The standard InChI is InChI=1S/C14H20N4O/c1-11-16-13(10-15)9-14(17-11)18(2)6-3-12-4-7-19-8-5-12/h9,12H,3-8H2,1-2H3. The molecule has 0 radical (unpaired) electrons. The maximum absolute atomic E-state index is 8.93. The molecule has 0 saturated carbocycles. The normalized spacial score (nSPS) is 16.1. The molecule has 0 atom stereocenters. The summed E-state index contributed by atoms with van der Waals surface area (Å²) in [6.45, 7) is 4.54. The van der Waals surface area contributed by atoms with Crippen LogP contribution in [0, 0.1) is 24.2 Å². The zero-order valence-corrected chi connectivity index (χ0v) is 11.6. The average Bonchev–Trinajstić information content (AvgIpc) is 2.45. The molecule has 5 nitrogen and oxygen atoms in total. The largest absolute Gasteiger partial charge is 0.381 e. The van der Waals surface area contributed by atoms with Crippen molar-refractivity contribution in [1.29, 1.82) is 5.26 Å². The van der Waals surface area contributed by atoms with E-state index in [1.165, 1.54) is 0 Å². The minimum Gasteiger partial charge on any atom is -0.381 e. The zero-order chi connectivity index (χ0) is 13.7. The van der Waals surface area contributed by atoms with Crippen LogP contribution in [-0.2, 0) is 4.74 Å². The lowest BCUT2D eigenvalue weighted by Gasteiger charge is -2.25. The molecule has 1 aromatic rings. The van der Waals surface area contributed by atoms with Crippen molar-refractivity contribution in [2.75, 3.05) is 31.7 Å². The van der Waals surface area contributed by atoms with E-state index in [1.807, 2.05) is 14.0 Å². The van der Waals surface area contributed by atoms with Gasteiger partial charge < -0.3 is 9.64 Å². The van der Waals surface area contributed by atoms with Gasteiger partial charge in [0, 0.05) is 32.9 Å². The van der Waals surface area contributed by atoms with Crippen LogP contribution in [0.2, 0.25) is 0 Å². The Morgan fingerprint density at radius 3 is 2.84 bits per heavy atom. The van der Waals surface area contributed by atoms with Crippen LogP contribution in [0.1, 0.15) is 30.8 Å². The van der Waals surface area contributed by atoms with Crippen molar-refractivity contribution in [1.82, 2.24) is 9.97 Å². The van der Waals surface area contributed by atoms with Gasteiger partial charge in [0.15, 0.2) is 0 Å². The summed E-state index contributed by atoms with van der Waals surface area (Å²) in [6, 6.07) is 3.82. The first-order valence-corrected chi connectivity index (χ1v) is 6.73. The van der Waals surface area contributed by atoms with Gasteiger partial charge in [-0.1, -0.05) is 0 Å². The number of aryl methyl sites for hydroxylation is 1. The fourth-order valence-electron chi connectivity index (χ4n) is 2.33. The van der Waals surface area contributed by atoms with Gasteiger partial charge in [0.1, 0.15) is 23.4 Å². The van der Waals surface area contributed by atoms with E-state index in [1.54, 1.807) is 6.07 Å². The Labute approximate surface area is 114 Å². The van der Waals surface area contributed by atoms with E-state index in [2.05, 4.69) is 20.9 Å². The summed E-state index contributed by atoms with van der Waals surface area (Å²) >= 11 is 0. The Bertz CT molecular complexity index is 463. The molecule has 2 heterocycles. The highest BCUT2D eigenvalue weighted by Gasteiger charge is 2.15. The molecule has 0 spiro atoms. The van der Waals surface area contributed by atoms with E-state index in [9.17, 15) is 0 Å². The molecule has 1 aromatic heterocycles. The molecule has 2 rings (SSSR count). The number of nitriles is 1. The maximum Gasteiger partial charge on any atom is 0.146 e. The Hall–Kier alpha value is -1.67. The van der Waals surface area contributed by atoms with Gasteiger partial charge >= 0.3 is 0 Å². The Morgan fingerprint density at radius 2 is 2.16 bits per heavy atom. The molecule has 1 saturated heterocycles. The monoisotopic (exact) mass is 260 g/mol. The van der Waals surface area contributed by atoms with Crippen molar-refractivity contribution in [2.45, 2.75) is 26.2 Å². The Kier molecular flexibility index (Phi) is 4.69. The van der Waals surface area contributed by atoms with Crippen LogP contribution < -0.4 is 4.90 Å². The van der Waals surface area contributed by atoms with Gasteiger partial charge in [-0.2, -0.15) is 5.26 Å². The van der Waals surface area contributed by atoms with Gasteiger partial charge in [0.2, 0.25) is 0 Å². The molecule has 0 N–H and O–H groups in total. The zero-order valence-electron chi connectivity index (χ0n) is 11.6. The molecule has 19 heavy (non-hydrogen) atoms. The summed E-state index contributed by atoms with van der Waals surface area (Å²) in [5.41, 5.74) is 0.431. The number of anilines is 1. The fourth-order valence-corrected chi connectivity index (χ4v) is 2.33. The van der Waals surface area contributed by atoms with Crippen LogP contribution in [0.5, 0.6) is 0 Å². The smallest absolute Gasteiger partial charge is 0.146 e. The number of aromatic nitrogens is 2. The van der Waals surface area contributed by atoms with Gasteiger partial charge in [-0.3, -0.25) is 0 Å². The highest BCUT2D eigenvalue weighted by atomic mass is 16.5. The summed E-state index contributed by atoms with van der Waals surface area (Å²) in [6.07, 6.45) is 3.45. The van der Waals surface area contributed by atoms with Gasteiger partial charge in [-0.15, -0.1) is 0 Å². The average molecular weight is 260 g/mol. The minimum atomic E-state index is 0.431. The molecule has 102 valence electrons. The molecule has 1 aliphatic rings. The van der Waals surface area contributed by atoms with E-state index in [0.717, 1.165) is 50.8 Å². The van der Waals surface area contributed by atoms with Crippen LogP contribution in [-0.4, -0.2) is 36.8 Å². The minimum absolute atomic E-state index is 0.431. The molecule has 0 aliphatic carbocycles. The van der Waals surface area contributed by atoms with Crippen molar-refractivity contribution < 1.29 is 4.74 Å². The summed E-state index contributed by atoms with van der Waals surface area (Å²) in [5.74, 6) is 2.22. The first-order valence-electron chi connectivity index (χ1n) is 6.73. The Morgan fingerprint density at radius 1 is 1.42 bits per heavy atom. The van der Waals surface area contributed by atoms with Gasteiger partial charge in [0.25, 0.3) is 0 Å². The summed E-state index contributed by atoms with van der Waals surface area (Å²) in [7, 11) is 2.02. The van der Waals surface area contributed by atoms with Crippen LogP contribution in [0.25, 0.3) is 0 Å². The summed E-state index contributed by atoms with van der Waals surface area (Å²) in [5, 5.41) is 8.93. The van der Waals surface area contributed by atoms with Gasteiger partial charge in [-0.05, 0) is 32.1 Å². The summed E-state index contributed by atoms with van der Waals surface area (Å²) < 4.78 is 5.37. The van der Waals surface area contributed by atoms with E-state index in [4.69, 9.17) is 10.00 Å². The van der Waals surface area contributed by atoms with Crippen LogP contribution >= 0.6 is 0 Å². The number of hydrogen-bond acceptors (Lipinski definition) is 5. The third kappa shape index (κ3) is 3.90. The van der Waals surface area contributed by atoms with Crippen molar-refractivity contribution in [3.63, 3.8) is 0 Å². The van der Waals surface area contributed by atoms with Gasteiger partial charge in [0.05, 0.1) is 0 Å². The van der Waals surface area contributed by atoms with Gasteiger partial charge in [-0.25, -0.2) is 9.97 Å². The lowest BCUT2D eigenvalue weighted by Crippen LogP contribution is -2.25. The molecular weight excluding hydrogens is 240 g/mol.